The molecule has 0 spiro atoms. The minimum Gasteiger partial charge on any atom is -0.494 e. The topological polar surface area (TPSA) is 64.6 Å². The van der Waals surface area contributed by atoms with Crippen LogP contribution in [-0.2, 0) is 27.2 Å². The van der Waals surface area contributed by atoms with Crippen molar-refractivity contribution >= 4 is 11.9 Å². The molecule has 1 N–H and O–H groups in total. The number of esters is 1. The monoisotopic (exact) mass is 373 g/mol. The number of carbonyl (C=O) groups excluding carboxylic acids is 2. The Kier molecular flexibility index (Phi) is 8.29. The van der Waals surface area contributed by atoms with E-state index in [1.54, 1.807) is 18.2 Å². The zero-order chi connectivity index (χ0) is 19.5. The SMILES string of the molecule is CCOc1ccccc1CCC(=O)OCC(=O)NCCc1ccccc1F. The Morgan fingerprint density at radius 2 is 1.70 bits per heavy atom. The quantitative estimate of drug-likeness (QED) is 0.650. The highest BCUT2D eigenvalue weighted by Gasteiger charge is 2.10. The molecule has 0 heterocycles. The predicted molar refractivity (Wildman–Crippen MR) is 100 cm³/mol. The number of aryl methyl sites for hydroxylation is 1. The first-order chi connectivity index (χ1) is 13.1. The fourth-order valence-electron chi connectivity index (χ4n) is 2.55. The smallest absolute Gasteiger partial charge is 0.306 e. The summed E-state index contributed by atoms with van der Waals surface area (Å²) >= 11 is 0. The number of rotatable bonds is 10. The first-order valence-corrected chi connectivity index (χ1v) is 8.96. The van der Waals surface area contributed by atoms with Crippen LogP contribution >= 0.6 is 0 Å². The minimum absolute atomic E-state index is 0.159. The molecule has 0 saturated carbocycles. The summed E-state index contributed by atoms with van der Waals surface area (Å²) in [6, 6.07) is 13.9. The molecule has 0 aliphatic rings. The van der Waals surface area contributed by atoms with Gasteiger partial charge in [-0.25, -0.2) is 4.39 Å². The summed E-state index contributed by atoms with van der Waals surface area (Å²) < 4.78 is 24.0. The predicted octanol–water partition coefficient (Wildman–Crippen LogP) is 3.06. The van der Waals surface area contributed by atoms with Crippen LogP contribution in [0, 0.1) is 5.82 Å². The maximum Gasteiger partial charge on any atom is 0.306 e. The molecule has 0 saturated heterocycles. The van der Waals surface area contributed by atoms with Crippen molar-refractivity contribution < 1.29 is 23.5 Å². The average molecular weight is 373 g/mol. The molecular weight excluding hydrogens is 349 g/mol. The molecule has 6 heteroatoms. The number of halogens is 1. The minimum atomic E-state index is -0.453. The standard InChI is InChI=1S/C21H24FNO4/c1-2-26-19-10-6-4-8-17(19)11-12-21(25)27-15-20(24)23-14-13-16-7-3-5-9-18(16)22/h3-10H,2,11-15H2,1H3,(H,23,24). The summed E-state index contributed by atoms with van der Waals surface area (Å²) in [7, 11) is 0. The number of amides is 1. The van der Waals surface area contributed by atoms with Crippen LogP contribution in [0.5, 0.6) is 5.75 Å². The molecule has 2 rings (SSSR count). The second kappa shape index (κ2) is 11.0. The number of nitrogens with one attached hydrogen (secondary N) is 1. The number of carbonyl (C=O) groups is 2. The van der Waals surface area contributed by atoms with Gasteiger partial charge in [0.2, 0.25) is 0 Å². The summed E-state index contributed by atoms with van der Waals surface area (Å²) in [5, 5.41) is 2.61. The third kappa shape index (κ3) is 7.09. The van der Waals surface area contributed by atoms with Crippen molar-refractivity contribution in [1.29, 1.82) is 0 Å². The van der Waals surface area contributed by atoms with Crippen molar-refractivity contribution in [3.63, 3.8) is 0 Å². The lowest BCUT2D eigenvalue weighted by Gasteiger charge is -2.10. The average Bonchev–Trinajstić information content (AvgIpc) is 2.67. The van der Waals surface area contributed by atoms with E-state index in [0.29, 0.717) is 25.0 Å². The van der Waals surface area contributed by atoms with Crippen LogP contribution in [0.2, 0.25) is 0 Å². The Labute approximate surface area is 158 Å². The van der Waals surface area contributed by atoms with E-state index >= 15 is 0 Å². The highest BCUT2D eigenvalue weighted by atomic mass is 19.1. The Hall–Kier alpha value is -2.89. The van der Waals surface area contributed by atoms with Crippen LogP contribution in [0.15, 0.2) is 48.5 Å². The molecule has 0 unspecified atom stereocenters. The number of para-hydroxylation sites is 1. The largest absolute Gasteiger partial charge is 0.494 e. The fraction of sp³-hybridized carbons (Fsp3) is 0.333. The van der Waals surface area contributed by atoms with E-state index in [0.717, 1.165) is 11.3 Å². The van der Waals surface area contributed by atoms with Gasteiger partial charge in [-0.15, -0.1) is 0 Å². The Morgan fingerprint density at radius 1 is 1.00 bits per heavy atom. The van der Waals surface area contributed by atoms with Gasteiger partial charge in [0, 0.05) is 13.0 Å². The lowest BCUT2D eigenvalue weighted by Crippen LogP contribution is -2.30. The van der Waals surface area contributed by atoms with Crippen molar-refractivity contribution in [2.45, 2.75) is 26.2 Å². The first kappa shape index (κ1) is 20.4. The van der Waals surface area contributed by atoms with Gasteiger partial charge in [0.05, 0.1) is 6.61 Å². The second-order valence-electron chi connectivity index (χ2n) is 5.89. The Balaban J connectivity index is 1.66. The van der Waals surface area contributed by atoms with Crippen molar-refractivity contribution in [3.05, 3.63) is 65.5 Å². The summed E-state index contributed by atoms with van der Waals surface area (Å²) in [4.78, 5) is 23.6. The van der Waals surface area contributed by atoms with Crippen LogP contribution < -0.4 is 10.1 Å². The van der Waals surface area contributed by atoms with Gasteiger partial charge in [0.25, 0.3) is 5.91 Å². The molecule has 0 atom stereocenters. The van der Waals surface area contributed by atoms with Crippen molar-refractivity contribution in [1.82, 2.24) is 5.32 Å². The van der Waals surface area contributed by atoms with Crippen molar-refractivity contribution in [2.24, 2.45) is 0 Å². The number of ether oxygens (including phenoxy) is 2. The number of benzene rings is 2. The zero-order valence-corrected chi connectivity index (χ0v) is 15.4. The summed E-state index contributed by atoms with van der Waals surface area (Å²) in [6.07, 6.45) is 1.01. The lowest BCUT2D eigenvalue weighted by molar-refractivity contribution is -0.148. The normalized spacial score (nSPS) is 10.3. The van der Waals surface area contributed by atoms with Crippen LogP contribution in [0.25, 0.3) is 0 Å². The van der Waals surface area contributed by atoms with Gasteiger partial charge in [-0.2, -0.15) is 0 Å². The van der Waals surface area contributed by atoms with Gasteiger partial charge in [-0.1, -0.05) is 36.4 Å². The van der Waals surface area contributed by atoms with Crippen LogP contribution in [0.1, 0.15) is 24.5 Å². The number of hydrogen-bond acceptors (Lipinski definition) is 4. The molecule has 0 bridgehead atoms. The third-order valence-electron chi connectivity index (χ3n) is 3.91. The van der Waals surface area contributed by atoms with Crippen LogP contribution in [0.3, 0.4) is 0 Å². The fourth-order valence-corrected chi connectivity index (χ4v) is 2.55. The molecule has 144 valence electrons. The molecule has 0 radical (unpaired) electrons. The highest BCUT2D eigenvalue weighted by Crippen LogP contribution is 2.19. The van der Waals surface area contributed by atoms with Gasteiger partial charge in [-0.05, 0) is 43.0 Å². The van der Waals surface area contributed by atoms with E-state index in [-0.39, 0.29) is 25.4 Å². The molecule has 0 aliphatic heterocycles. The molecule has 5 nitrogen and oxygen atoms in total. The van der Waals surface area contributed by atoms with Crippen molar-refractivity contribution in [2.75, 3.05) is 19.8 Å². The van der Waals surface area contributed by atoms with Crippen molar-refractivity contribution in [3.8, 4) is 5.75 Å². The molecule has 0 fully saturated rings. The van der Waals surface area contributed by atoms with E-state index in [4.69, 9.17) is 9.47 Å². The Morgan fingerprint density at radius 3 is 2.44 bits per heavy atom. The van der Waals surface area contributed by atoms with Gasteiger partial charge in [0.1, 0.15) is 11.6 Å². The molecule has 2 aromatic rings. The number of hydrogen-bond donors (Lipinski definition) is 1. The molecule has 0 aromatic heterocycles. The molecule has 27 heavy (non-hydrogen) atoms. The van der Waals surface area contributed by atoms with E-state index in [9.17, 15) is 14.0 Å². The van der Waals surface area contributed by atoms with Gasteiger partial charge < -0.3 is 14.8 Å². The molecule has 0 aliphatic carbocycles. The van der Waals surface area contributed by atoms with Gasteiger partial charge >= 0.3 is 5.97 Å². The lowest BCUT2D eigenvalue weighted by atomic mass is 10.1. The maximum absolute atomic E-state index is 13.5. The van der Waals surface area contributed by atoms with Gasteiger partial charge in [-0.3, -0.25) is 9.59 Å². The summed E-state index contributed by atoms with van der Waals surface area (Å²) in [5.41, 5.74) is 1.45. The first-order valence-electron chi connectivity index (χ1n) is 8.96. The van der Waals surface area contributed by atoms with E-state index < -0.39 is 11.9 Å². The van der Waals surface area contributed by atoms with Crippen LogP contribution in [0.4, 0.5) is 4.39 Å². The summed E-state index contributed by atoms with van der Waals surface area (Å²) in [6.45, 7) is 2.38. The van der Waals surface area contributed by atoms with Crippen LogP contribution in [-0.4, -0.2) is 31.6 Å². The highest BCUT2D eigenvalue weighted by molar-refractivity contribution is 5.80. The Bertz CT molecular complexity index is 763. The summed E-state index contributed by atoms with van der Waals surface area (Å²) in [5.74, 6) is -0.413. The molecular formula is C21H24FNO4. The maximum atomic E-state index is 13.5. The van der Waals surface area contributed by atoms with E-state index in [2.05, 4.69) is 5.32 Å². The zero-order valence-electron chi connectivity index (χ0n) is 15.4. The van der Waals surface area contributed by atoms with E-state index in [1.807, 2.05) is 31.2 Å². The molecule has 2 aromatic carbocycles. The van der Waals surface area contributed by atoms with E-state index in [1.165, 1.54) is 6.07 Å². The second-order valence-corrected chi connectivity index (χ2v) is 5.89. The van der Waals surface area contributed by atoms with Gasteiger partial charge in [0.15, 0.2) is 6.61 Å². The third-order valence-corrected chi connectivity index (χ3v) is 3.91. The molecule has 1 amide bonds.